The van der Waals surface area contributed by atoms with Crippen LogP contribution in [0.15, 0.2) is 22.7 Å². The number of rotatable bonds is 2. The smallest absolute Gasteiger partial charge is 0.244 e. The van der Waals surface area contributed by atoms with Crippen LogP contribution >= 0.6 is 0 Å². The summed E-state index contributed by atoms with van der Waals surface area (Å²) in [6.07, 6.45) is 2.06. The normalized spacial score (nSPS) is 22.9. The van der Waals surface area contributed by atoms with Crippen LogP contribution < -0.4 is 5.32 Å². The van der Waals surface area contributed by atoms with Crippen molar-refractivity contribution >= 4 is 0 Å². The molecule has 2 unspecified atom stereocenters. The lowest BCUT2D eigenvalue weighted by Gasteiger charge is -2.25. The minimum atomic E-state index is -0.918. The second-order valence-electron chi connectivity index (χ2n) is 5.22. The van der Waals surface area contributed by atoms with Gasteiger partial charge in [-0.25, -0.2) is 8.78 Å². The predicted octanol–water partition coefficient (Wildman–Crippen LogP) is 3.08. The van der Waals surface area contributed by atoms with Crippen LogP contribution in [0, 0.1) is 17.6 Å². The Morgan fingerprint density at radius 3 is 2.90 bits per heavy atom. The molecule has 3 rings (SSSR count). The van der Waals surface area contributed by atoms with E-state index in [1.54, 1.807) is 0 Å². The molecule has 0 aliphatic carbocycles. The molecule has 1 aromatic heterocycles. The highest BCUT2D eigenvalue weighted by Gasteiger charge is 2.25. The van der Waals surface area contributed by atoms with E-state index in [-0.39, 0.29) is 11.9 Å². The number of nitrogens with zero attached hydrogens (tertiary/aromatic N) is 2. The summed E-state index contributed by atoms with van der Waals surface area (Å²) in [4.78, 5) is 4.28. The summed E-state index contributed by atoms with van der Waals surface area (Å²) in [5.74, 6) is -0.437. The summed E-state index contributed by atoms with van der Waals surface area (Å²) in [5.41, 5.74) is 0.405. The topological polar surface area (TPSA) is 51.0 Å². The fraction of sp³-hybridized carbons (Fsp3) is 0.429. The highest BCUT2D eigenvalue weighted by Crippen LogP contribution is 2.27. The molecule has 2 atom stereocenters. The molecule has 0 bridgehead atoms. The van der Waals surface area contributed by atoms with E-state index in [0.29, 0.717) is 17.4 Å². The Morgan fingerprint density at radius 2 is 2.15 bits per heavy atom. The summed E-state index contributed by atoms with van der Waals surface area (Å²) in [5, 5.41) is 7.16. The zero-order valence-corrected chi connectivity index (χ0v) is 11.1. The summed E-state index contributed by atoms with van der Waals surface area (Å²) in [6, 6.07) is 3.59. The number of nitrogens with one attached hydrogen (secondary N) is 1. The summed E-state index contributed by atoms with van der Waals surface area (Å²) in [7, 11) is 0. The molecule has 1 aromatic carbocycles. The molecule has 0 radical (unpaired) electrons. The first-order chi connectivity index (χ1) is 9.63. The third-order valence-electron chi connectivity index (χ3n) is 3.58. The molecular formula is C14H15F2N3O. The van der Waals surface area contributed by atoms with Gasteiger partial charge in [0, 0.05) is 5.56 Å². The molecule has 2 heterocycles. The lowest BCUT2D eigenvalue weighted by molar-refractivity contribution is 0.260. The SMILES string of the molecule is CC1CCNC(c2nc(-c3ccc(F)c(F)c3)no2)C1. The van der Waals surface area contributed by atoms with Gasteiger partial charge in [-0.3, -0.25) is 0 Å². The molecule has 1 aliphatic heterocycles. The molecule has 106 valence electrons. The quantitative estimate of drug-likeness (QED) is 0.918. The standard InChI is InChI=1S/C14H15F2N3O/c1-8-4-5-17-12(6-8)14-18-13(19-20-14)9-2-3-10(15)11(16)7-9/h2-3,7-8,12,17H,4-6H2,1H3. The number of halogens is 2. The second-order valence-corrected chi connectivity index (χ2v) is 5.22. The number of aromatic nitrogens is 2. The molecule has 1 saturated heterocycles. The summed E-state index contributed by atoms with van der Waals surface area (Å²) in [6.45, 7) is 3.09. The molecule has 1 aliphatic rings. The van der Waals surface area contributed by atoms with Gasteiger partial charge < -0.3 is 9.84 Å². The van der Waals surface area contributed by atoms with E-state index in [4.69, 9.17) is 4.52 Å². The number of hydrogen-bond acceptors (Lipinski definition) is 4. The van der Waals surface area contributed by atoms with Crippen LogP contribution in [-0.2, 0) is 0 Å². The van der Waals surface area contributed by atoms with Crippen molar-refractivity contribution < 1.29 is 13.3 Å². The van der Waals surface area contributed by atoms with E-state index in [1.807, 2.05) is 0 Å². The van der Waals surface area contributed by atoms with Gasteiger partial charge >= 0.3 is 0 Å². The van der Waals surface area contributed by atoms with E-state index in [2.05, 4.69) is 22.4 Å². The molecule has 1 N–H and O–H groups in total. The van der Waals surface area contributed by atoms with Crippen LogP contribution in [0.4, 0.5) is 8.78 Å². The maximum atomic E-state index is 13.2. The van der Waals surface area contributed by atoms with Crippen LogP contribution in [0.25, 0.3) is 11.4 Å². The van der Waals surface area contributed by atoms with Crippen molar-refractivity contribution in [2.24, 2.45) is 5.92 Å². The van der Waals surface area contributed by atoms with Gasteiger partial charge in [0.25, 0.3) is 0 Å². The Bertz CT molecular complexity index is 614. The van der Waals surface area contributed by atoms with Crippen molar-refractivity contribution in [3.63, 3.8) is 0 Å². The highest BCUT2D eigenvalue weighted by molar-refractivity contribution is 5.54. The first kappa shape index (κ1) is 13.2. The Labute approximate surface area is 115 Å². The lowest BCUT2D eigenvalue weighted by Crippen LogP contribution is -2.30. The Balaban J connectivity index is 1.84. The molecule has 1 fully saturated rings. The van der Waals surface area contributed by atoms with Gasteiger partial charge in [-0.1, -0.05) is 12.1 Å². The number of piperidine rings is 1. The lowest BCUT2D eigenvalue weighted by atomic mass is 9.94. The van der Waals surface area contributed by atoms with E-state index in [1.165, 1.54) is 6.07 Å². The molecule has 20 heavy (non-hydrogen) atoms. The molecule has 0 saturated carbocycles. The largest absolute Gasteiger partial charge is 0.337 e. The summed E-state index contributed by atoms with van der Waals surface area (Å²) >= 11 is 0. The molecule has 6 heteroatoms. The van der Waals surface area contributed by atoms with Crippen LogP contribution in [0.3, 0.4) is 0 Å². The van der Waals surface area contributed by atoms with E-state index < -0.39 is 11.6 Å². The maximum absolute atomic E-state index is 13.2. The zero-order valence-electron chi connectivity index (χ0n) is 11.1. The van der Waals surface area contributed by atoms with Crippen LogP contribution in [0.1, 0.15) is 31.7 Å². The number of hydrogen-bond donors (Lipinski definition) is 1. The van der Waals surface area contributed by atoms with Crippen molar-refractivity contribution in [2.75, 3.05) is 6.54 Å². The van der Waals surface area contributed by atoms with Gasteiger partial charge in [-0.05, 0) is 43.5 Å². The fourth-order valence-electron chi connectivity index (χ4n) is 2.42. The predicted molar refractivity (Wildman–Crippen MR) is 68.8 cm³/mol. The zero-order chi connectivity index (χ0) is 14.1. The molecule has 4 nitrogen and oxygen atoms in total. The van der Waals surface area contributed by atoms with Crippen molar-refractivity contribution in [1.82, 2.24) is 15.5 Å². The van der Waals surface area contributed by atoms with Crippen LogP contribution in [-0.4, -0.2) is 16.7 Å². The number of benzene rings is 1. The van der Waals surface area contributed by atoms with E-state index >= 15 is 0 Å². The van der Waals surface area contributed by atoms with Crippen molar-refractivity contribution in [2.45, 2.75) is 25.8 Å². The molecular weight excluding hydrogens is 264 g/mol. The fourth-order valence-corrected chi connectivity index (χ4v) is 2.42. The van der Waals surface area contributed by atoms with Gasteiger partial charge in [-0.15, -0.1) is 0 Å². The highest BCUT2D eigenvalue weighted by atomic mass is 19.2. The maximum Gasteiger partial charge on any atom is 0.244 e. The average Bonchev–Trinajstić information content (AvgIpc) is 2.92. The van der Waals surface area contributed by atoms with E-state index in [9.17, 15) is 8.78 Å². The van der Waals surface area contributed by atoms with Gasteiger partial charge in [0.15, 0.2) is 11.6 Å². The minimum Gasteiger partial charge on any atom is -0.337 e. The van der Waals surface area contributed by atoms with Crippen molar-refractivity contribution in [1.29, 1.82) is 0 Å². The van der Waals surface area contributed by atoms with Gasteiger partial charge in [-0.2, -0.15) is 4.98 Å². The van der Waals surface area contributed by atoms with Gasteiger partial charge in [0.2, 0.25) is 11.7 Å². The van der Waals surface area contributed by atoms with Crippen molar-refractivity contribution in [3.05, 3.63) is 35.7 Å². The van der Waals surface area contributed by atoms with Gasteiger partial charge in [0.1, 0.15) is 0 Å². The minimum absolute atomic E-state index is 0.0327. The Hall–Kier alpha value is -1.82. The Kier molecular flexibility index (Phi) is 3.48. The second kappa shape index (κ2) is 5.28. The molecule has 0 spiro atoms. The Morgan fingerprint density at radius 1 is 1.30 bits per heavy atom. The third kappa shape index (κ3) is 2.56. The molecule has 2 aromatic rings. The van der Waals surface area contributed by atoms with Gasteiger partial charge in [0.05, 0.1) is 6.04 Å². The third-order valence-corrected chi connectivity index (χ3v) is 3.58. The molecule has 0 amide bonds. The van der Waals surface area contributed by atoms with Crippen LogP contribution in [0.5, 0.6) is 0 Å². The van der Waals surface area contributed by atoms with Crippen LogP contribution in [0.2, 0.25) is 0 Å². The summed E-state index contributed by atoms with van der Waals surface area (Å²) < 4.78 is 31.3. The monoisotopic (exact) mass is 279 g/mol. The first-order valence-electron chi connectivity index (χ1n) is 6.66. The first-order valence-corrected chi connectivity index (χ1v) is 6.66. The van der Waals surface area contributed by atoms with E-state index in [0.717, 1.165) is 31.5 Å². The average molecular weight is 279 g/mol. The van der Waals surface area contributed by atoms with Crippen molar-refractivity contribution in [3.8, 4) is 11.4 Å².